The number of amides is 1. The molecule has 0 unspecified atom stereocenters. The molecule has 0 spiro atoms. The van der Waals surface area contributed by atoms with Crippen molar-refractivity contribution in [3.05, 3.63) is 41.7 Å². The fraction of sp³-hybridized carbons (Fsp3) is 0.312. The van der Waals surface area contributed by atoms with Gasteiger partial charge in [0.15, 0.2) is 0 Å². The Morgan fingerprint density at radius 1 is 1.22 bits per heavy atom. The Morgan fingerprint density at radius 3 is 2.74 bits per heavy atom. The van der Waals surface area contributed by atoms with E-state index in [9.17, 15) is 4.79 Å². The summed E-state index contributed by atoms with van der Waals surface area (Å²) in [4.78, 5) is 20.6. The average Bonchev–Trinajstić information content (AvgIpc) is 2.55. The number of aryl methyl sites for hydroxylation is 1. The fourth-order valence-electron chi connectivity index (χ4n) is 1.97. The van der Waals surface area contributed by atoms with Gasteiger partial charge in [0, 0.05) is 19.3 Å². The van der Waals surface area contributed by atoms with E-state index in [1.807, 2.05) is 24.3 Å². The summed E-state index contributed by atoms with van der Waals surface area (Å²) < 4.78 is 10.2. The van der Waals surface area contributed by atoms with Crippen LogP contribution in [0.2, 0.25) is 0 Å². The van der Waals surface area contributed by atoms with Crippen LogP contribution in [0, 0.1) is 6.92 Å². The monoisotopic (exact) mass is 316 g/mol. The van der Waals surface area contributed by atoms with Crippen molar-refractivity contribution in [2.45, 2.75) is 6.92 Å². The zero-order valence-electron chi connectivity index (χ0n) is 13.4. The molecule has 1 aromatic carbocycles. The van der Waals surface area contributed by atoms with Crippen LogP contribution in [0.4, 0.5) is 11.6 Å². The molecule has 0 saturated heterocycles. The van der Waals surface area contributed by atoms with E-state index in [1.54, 1.807) is 27.2 Å². The van der Waals surface area contributed by atoms with E-state index >= 15 is 0 Å². The van der Waals surface area contributed by atoms with Gasteiger partial charge in [0.1, 0.15) is 11.4 Å². The standard InChI is InChI=1S/C16H20N4O3/c1-11-10-13(15(21)17-8-9-22-2)20-16(18-11)19-12-6-4-5-7-14(12)23-3/h4-7,10H,8-9H2,1-3H3,(H,17,21)(H,18,19,20). The van der Waals surface area contributed by atoms with Crippen molar-refractivity contribution in [3.63, 3.8) is 0 Å². The third-order valence-corrected chi connectivity index (χ3v) is 3.03. The molecule has 0 bridgehead atoms. The Labute approximate surface area is 135 Å². The van der Waals surface area contributed by atoms with Gasteiger partial charge >= 0.3 is 0 Å². The van der Waals surface area contributed by atoms with Crippen LogP contribution in [0.3, 0.4) is 0 Å². The molecule has 1 heterocycles. The van der Waals surface area contributed by atoms with Gasteiger partial charge in [0.25, 0.3) is 5.91 Å². The molecule has 0 aliphatic rings. The average molecular weight is 316 g/mol. The Bertz CT molecular complexity index is 676. The van der Waals surface area contributed by atoms with Crippen molar-refractivity contribution in [3.8, 4) is 5.75 Å². The molecule has 0 saturated carbocycles. The minimum Gasteiger partial charge on any atom is -0.495 e. The quantitative estimate of drug-likeness (QED) is 0.759. The number of ether oxygens (including phenoxy) is 2. The number of rotatable bonds is 7. The van der Waals surface area contributed by atoms with Crippen LogP contribution in [0.25, 0.3) is 0 Å². The summed E-state index contributed by atoms with van der Waals surface area (Å²) in [5.74, 6) is 0.741. The first-order valence-electron chi connectivity index (χ1n) is 7.17. The first-order chi connectivity index (χ1) is 11.1. The predicted octanol–water partition coefficient (Wildman–Crippen LogP) is 1.91. The second-order valence-electron chi connectivity index (χ2n) is 4.79. The summed E-state index contributed by atoms with van der Waals surface area (Å²) in [5.41, 5.74) is 1.71. The largest absolute Gasteiger partial charge is 0.495 e. The lowest BCUT2D eigenvalue weighted by Gasteiger charge is -2.11. The van der Waals surface area contributed by atoms with Gasteiger partial charge in [-0.15, -0.1) is 0 Å². The number of anilines is 2. The highest BCUT2D eigenvalue weighted by atomic mass is 16.5. The Kier molecular flexibility index (Phi) is 5.87. The van der Waals surface area contributed by atoms with Crippen LogP contribution in [-0.2, 0) is 4.74 Å². The number of carbonyl (C=O) groups is 1. The van der Waals surface area contributed by atoms with Crippen LogP contribution in [0.15, 0.2) is 30.3 Å². The number of nitrogens with one attached hydrogen (secondary N) is 2. The second kappa shape index (κ2) is 8.09. The highest BCUT2D eigenvalue weighted by molar-refractivity contribution is 5.92. The fourth-order valence-corrected chi connectivity index (χ4v) is 1.97. The molecule has 122 valence electrons. The van der Waals surface area contributed by atoms with Crippen LogP contribution in [0.1, 0.15) is 16.2 Å². The zero-order chi connectivity index (χ0) is 16.7. The van der Waals surface area contributed by atoms with Crippen molar-refractivity contribution in [2.24, 2.45) is 0 Å². The maximum absolute atomic E-state index is 12.1. The predicted molar refractivity (Wildman–Crippen MR) is 87.3 cm³/mol. The molecule has 0 aliphatic carbocycles. The lowest BCUT2D eigenvalue weighted by atomic mass is 10.3. The van der Waals surface area contributed by atoms with E-state index < -0.39 is 0 Å². The number of methoxy groups -OCH3 is 2. The molecule has 7 nitrogen and oxygen atoms in total. The molecule has 1 aromatic heterocycles. The van der Waals surface area contributed by atoms with Gasteiger partial charge in [-0.05, 0) is 25.1 Å². The zero-order valence-corrected chi connectivity index (χ0v) is 13.4. The number of aromatic nitrogens is 2. The molecule has 0 radical (unpaired) electrons. The van der Waals surface area contributed by atoms with Crippen molar-refractivity contribution < 1.29 is 14.3 Å². The summed E-state index contributed by atoms with van der Waals surface area (Å²) in [7, 11) is 3.17. The molecule has 0 aliphatic heterocycles. The molecule has 0 fully saturated rings. The number of hydrogen-bond acceptors (Lipinski definition) is 6. The van der Waals surface area contributed by atoms with Gasteiger partial charge in [-0.2, -0.15) is 0 Å². The van der Waals surface area contributed by atoms with E-state index in [-0.39, 0.29) is 5.91 Å². The van der Waals surface area contributed by atoms with E-state index in [0.717, 1.165) is 5.69 Å². The second-order valence-corrected chi connectivity index (χ2v) is 4.79. The van der Waals surface area contributed by atoms with E-state index in [2.05, 4.69) is 20.6 Å². The molecule has 0 atom stereocenters. The smallest absolute Gasteiger partial charge is 0.270 e. The molecule has 1 amide bonds. The van der Waals surface area contributed by atoms with Crippen molar-refractivity contribution in [1.82, 2.24) is 15.3 Å². The number of hydrogen-bond donors (Lipinski definition) is 2. The summed E-state index contributed by atoms with van der Waals surface area (Å²) in [5, 5.41) is 5.81. The van der Waals surface area contributed by atoms with Gasteiger partial charge in [0.05, 0.1) is 19.4 Å². The van der Waals surface area contributed by atoms with E-state index in [0.29, 0.717) is 36.2 Å². The molecule has 23 heavy (non-hydrogen) atoms. The number of carbonyl (C=O) groups excluding carboxylic acids is 1. The minimum atomic E-state index is -0.268. The van der Waals surface area contributed by atoms with Crippen LogP contribution in [0.5, 0.6) is 5.75 Å². The van der Waals surface area contributed by atoms with Crippen LogP contribution < -0.4 is 15.4 Å². The normalized spacial score (nSPS) is 10.2. The Hall–Kier alpha value is -2.67. The minimum absolute atomic E-state index is 0.268. The van der Waals surface area contributed by atoms with Gasteiger partial charge < -0.3 is 20.1 Å². The first-order valence-corrected chi connectivity index (χ1v) is 7.17. The Morgan fingerprint density at radius 2 is 2.00 bits per heavy atom. The first kappa shape index (κ1) is 16.7. The number of nitrogens with zero attached hydrogens (tertiary/aromatic N) is 2. The van der Waals surface area contributed by atoms with Gasteiger partial charge in [-0.1, -0.05) is 12.1 Å². The summed E-state index contributed by atoms with van der Waals surface area (Å²) >= 11 is 0. The topological polar surface area (TPSA) is 85.4 Å². The van der Waals surface area contributed by atoms with Crippen LogP contribution in [-0.4, -0.2) is 43.2 Å². The molecular weight excluding hydrogens is 296 g/mol. The number of para-hydroxylation sites is 2. The lowest BCUT2D eigenvalue weighted by molar-refractivity contribution is 0.0932. The van der Waals surface area contributed by atoms with Gasteiger partial charge in [-0.3, -0.25) is 4.79 Å². The molecule has 2 N–H and O–H groups in total. The maximum atomic E-state index is 12.1. The summed E-state index contributed by atoms with van der Waals surface area (Å²) in [6.45, 7) is 2.68. The van der Waals surface area contributed by atoms with Crippen LogP contribution >= 0.6 is 0 Å². The van der Waals surface area contributed by atoms with Gasteiger partial charge in [0.2, 0.25) is 5.95 Å². The highest BCUT2D eigenvalue weighted by Crippen LogP contribution is 2.25. The van der Waals surface area contributed by atoms with Gasteiger partial charge in [-0.25, -0.2) is 9.97 Å². The van der Waals surface area contributed by atoms with Crippen molar-refractivity contribution in [1.29, 1.82) is 0 Å². The third kappa shape index (κ3) is 4.65. The maximum Gasteiger partial charge on any atom is 0.270 e. The van der Waals surface area contributed by atoms with E-state index in [1.165, 1.54) is 0 Å². The summed E-state index contributed by atoms with van der Waals surface area (Å²) in [6, 6.07) is 9.06. The molecule has 2 rings (SSSR count). The number of benzene rings is 1. The summed E-state index contributed by atoms with van der Waals surface area (Å²) in [6.07, 6.45) is 0. The molecule has 2 aromatic rings. The third-order valence-electron chi connectivity index (χ3n) is 3.03. The SMILES string of the molecule is COCCNC(=O)c1cc(C)nc(Nc2ccccc2OC)n1. The van der Waals surface area contributed by atoms with Crippen molar-refractivity contribution >= 4 is 17.5 Å². The Balaban J connectivity index is 2.18. The van der Waals surface area contributed by atoms with E-state index in [4.69, 9.17) is 9.47 Å². The molecule has 7 heteroatoms. The lowest BCUT2D eigenvalue weighted by Crippen LogP contribution is -2.28. The van der Waals surface area contributed by atoms with Crippen molar-refractivity contribution in [2.75, 3.05) is 32.7 Å². The molecular formula is C16H20N4O3. The highest BCUT2D eigenvalue weighted by Gasteiger charge is 2.11.